The molecular weight excluding hydrogens is 398 g/mol. The van der Waals surface area contributed by atoms with Crippen molar-refractivity contribution in [3.8, 4) is 0 Å². The fourth-order valence-electron chi connectivity index (χ4n) is 3.86. The number of anilines is 1. The summed E-state index contributed by atoms with van der Waals surface area (Å²) in [7, 11) is 0. The van der Waals surface area contributed by atoms with Crippen molar-refractivity contribution in [2.75, 3.05) is 18.4 Å². The number of hydrogen-bond donors (Lipinski definition) is 2. The fraction of sp³-hybridized carbons (Fsp3) is 0.364. The van der Waals surface area contributed by atoms with Crippen LogP contribution in [0.2, 0.25) is 0 Å². The molecule has 8 heteroatoms. The molecule has 1 saturated carbocycles. The van der Waals surface area contributed by atoms with Gasteiger partial charge in [0.2, 0.25) is 0 Å². The molecule has 2 aliphatic rings. The zero-order chi connectivity index (χ0) is 20.5. The van der Waals surface area contributed by atoms with E-state index < -0.39 is 0 Å². The second kappa shape index (κ2) is 8.02. The first-order chi connectivity index (χ1) is 14.7. The molecule has 5 rings (SSSR count). The van der Waals surface area contributed by atoms with Crippen LogP contribution in [-0.2, 0) is 0 Å². The first-order valence-corrected chi connectivity index (χ1v) is 11.2. The molecule has 7 nitrogen and oxygen atoms in total. The second-order valence-corrected chi connectivity index (χ2v) is 8.88. The van der Waals surface area contributed by atoms with E-state index >= 15 is 0 Å². The molecule has 2 N–H and O–H groups in total. The van der Waals surface area contributed by atoms with Gasteiger partial charge in [-0.1, -0.05) is 12.1 Å². The third-order valence-corrected chi connectivity index (χ3v) is 6.61. The molecule has 0 spiro atoms. The smallest absolute Gasteiger partial charge is 0.265 e. The zero-order valence-corrected chi connectivity index (χ0v) is 17.3. The first kappa shape index (κ1) is 19.0. The van der Waals surface area contributed by atoms with Crippen LogP contribution in [0.1, 0.15) is 69.2 Å². The molecule has 0 bridgehead atoms. The molecule has 2 fully saturated rings. The van der Waals surface area contributed by atoms with E-state index in [4.69, 9.17) is 0 Å². The Morgan fingerprint density at radius 2 is 1.90 bits per heavy atom. The third kappa shape index (κ3) is 4.00. The monoisotopic (exact) mass is 421 g/mol. The Morgan fingerprint density at radius 3 is 2.63 bits per heavy atom. The average molecular weight is 422 g/mol. The van der Waals surface area contributed by atoms with Gasteiger partial charge in [0.15, 0.2) is 5.82 Å². The van der Waals surface area contributed by atoms with E-state index in [1.54, 1.807) is 30.3 Å². The number of likely N-dealkylation sites (tertiary alicyclic amines) is 1. The third-order valence-electron chi connectivity index (χ3n) is 5.74. The van der Waals surface area contributed by atoms with Crippen LogP contribution in [0.3, 0.4) is 0 Å². The molecular formula is C22H23N5O2S. The number of aromatic amines is 1. The van der Waals surface area contributed by atoms with Crippen LogP contribution in [-0.4, -0.2) is 45.0 Å². The van der Waals surface area contributed by atoms with E-state index in [-0.39, 0.29) is 11.8 Å². The number of benzene rings is 1. The highest BCUT2D eigenvalue weighted by molar-refractivity contribution is 7.12. The van der Waals surface area contributed by atoms with E-state index in [0.29, 0.717) is 41.1 Å². The van der Waals surface area contributed by atoms with Gasteiger partial charge in [-0.25, -0.2) is 4.98 Å². The molecule has 3 heterocycles. The van der Waals surface area contributed by atoms with Crippen LogP contribution >= 0.6 is 11.3 Å². The molecule has 1 aromatic carbocycles. The van der Waals surface area contributed by atoms with Gasteiger partial charge >= 0.3 is 0 Å². The van der Waals surface area contributed by atoms with E-state index in [0.717, 1.165) is 24.5 Å². The molecule has 2 amide bonds. The molecule has 2 aromatic heterocycles. The zero-order valence-electron chi connectivity index (χ0n) is 16.5. The number of carbonyl (C=O) groups excluding carboxylic acids is 2. The van der Waals surface area contributed by atoms with Crippen molar-refractivity contribution in [2.45, 2.75) is 37.5 Å². The minimum atomic E-state index is -0.159. The van der Waals surface area contributed by atoms with Crippen LogP contribution in [0.25, 0.3) is 0 Å². The van der Waals surface area contributed by atoms with Gasteiger partial charge in [0, 0.05) is 36.2 Å². The lowest BCUT2D eigenvalue weighted by atomic mass is 9.95. The molecule has 3 aromatic rings. The molecule has 1 aliphatic heterocycles. The fourth-order valence-corrected chi connectivity index (χ4v) is 4.48. The van der Waals surface area contributed by atoms with Crippen molar-refractivity contribution in [3.63, 3.8) is 0 Å². The van der Waals surface area contributed by atoms with Crippen molar-refractivity contribution < 1.29 is 9.59 Å². The Kier molecular flexibility index (Phi) is 5.08. The average Bonchev–Trinajstić information content (AvgIpc) is 3.27. The number of carbonyl (C=O) groups is 2. The molecule has 0 atom stereocenters. The van der Waals surface area contributed by atoms with E-state index in [2.05, 4.69) is 20.5 Å². The summed E-state index contributed by atoms with van der Waals surface area (Å²) in [4.78, 5) is 32.5. The van der Waals surface area contributed by atoms with Gasteiger partial charge in [-0.15, -0.1) is 11.3 Å². The summed E-state index contributed by atoms with van der Waals surface area (Å²) < 4.78 is 0. The van der Waals surface area contributed by atoms with Gasteiger partial charge in [-0.05, 0) is 55.3 Å². The molecule has 0 radical (unpaired) electrons. The number of piperidine rings is 1. The Hall–Kier alpha value is -3.00. The van der Waals surface area contributed by atoms with Crippen LogP contribution in [0.4, 0.5) is 5.69 Å². The van der Waals surface area contributed by atoms with Gasteiger partial charge in [0.1, 0.15) is 5.82 Å². The quantitative estimate of drug-likeness (QED) is 0.651. The lowest BCUT2D eigenvalue weighted by Gasteiger charge is -2.31. The van der Waals surface area contributed by atoms with Crippen molar-refractivity contribution in [3.05, 3.63) is 63.9 Å². The minimum Gasteiger partial charge on any atom is -0.339 e. The largest absolute Gasteiger partial charge is 0.339 e. The molecule has 30 heavy (non-hydrogen) atoms. The second-order valence-electron chi connectivity index (χ2n) is 7.93. The van der Waals surface area contributed by atoms with E-state index in [1.807, 2.05) is 16.3 Å². The van der Waals surface area contributed by atoms with E-state index in [9.17, 15) is 9.59 Å². The summed E-state index contributed by atoms with van der Waals surface area (Å²) in [5, 5.41) is 12.2. The van der Waals surface area contributed by atoms with E-state index in [1.165, 1.54) is 24.2 Å². The maximum Gasteiger partial charge on any atom is 0.265 e. The maximum atomic E-state index is 13.0. The molecule has 154 valence electrons. The van der Waals surface area contributed by atoms with Gasteiger partial charge in [-0.2, -0.15) is 5.10 Å². The summed E-state index contributed by atoms with van der Waals surface area (Å²) >= 11 is 1.39. The number of amides is 2. The van der Waals surface area contributed by atoms with Crippen LogP contribution < -0.4 is 5.32 Å². The number of rotatable bonds is 5. The molecule has 1 saturated heterocycles. The molecule has 1 aliphatic carbocycles. The number of H-pyrrole nitrogens is 1. The summed E-state index contributed by atoms with van der Waals surface area (Å²) in [5.41, 5.74) is 1.22. The van der Waals surface area contributed by atoms with Gasteiger partial charge in [0.05, 0.1) is 4.88 Å². The number of nitrogens with zero attached hydrogens (tertiary/aromatic N) is 3. The van der Waals surface area contributed by atoms with Crippen LogP contribution in [0.15, 0.2) is 41.8 Å². The summed E-state index contributed by atoms with van der Waals surface area (Å²) in [6.45, 7) is 1.38. The van der Waals surface area contributed by atoms with Crippen LogP contribution in [0, 0.1) is 0 Å². The standard InChI is InChI=1S/C22H23N5O2S/c28-21(18-5-2-12-30-18)23-17-4-1-3-16(13-17)22(29)27-10-8-15(9-11-27)20-24-19(25-26-20)14-6-7-14/h1-5,12-15H,6-11H2,(H,23,28)(H,24,25,26). The highest BCUT2D eigenvalue weighted by Crippen LogP contribution is 2.38. The normalized spacial score (nSPS) is 17.1. The SMILES string of the molecule is O=C(Nc1cccc(C(=O)N2CCC(c3nc(C4CC4)n[nH]3)CC2)c1)c1cccs1. The van der Waals surface area contributed by atoms with Crippen LogP contribution in [0.5, 0.6) is 0 Å². The lowest BCUT2D eigenvalue weighted by molar-refractivity contribution is 0.0711. The highest BCUT2D eigenvalue weighted by Gasteiger charge is 2.31. The van der Waals surface area contributed by atoms with Gasteiger partial charge < -0.3 is 10.2 Å². The maximum absolute atomic E-state index is 13.0. The number of thiophene rings is 1. The Morgan fingerprint density at radius 1 is 1.07 bits per heavy atom. The number of nitrogens with one attached hydrogen (secondary N) is 2. The minimum absolute atomic E-state index is 0.00286. The van der Waals surface area contributed by atoms with Crippen molar-refractivity contribution in [1.82, 2.24) is 20.1 Å². The van der Waals surface area contributed by atoms with Gasteiger partial charge in [0.25, 0.3) is 11.8 Å². The molecule has 0 unspecified atom stereocenters. The Bertz CT molecular complexity index is 1050. The topological polar surface area (TPSA) is 91.0 Å². The predicted octanol–water partition coefficient (Wildman–Crippen LogP) is 4.02. The number of hydrogen-bond acceptors (Lipinski definition) is 5. The van der Waals surface area contributed by atoms with Crippen molar-refractivity contribution >= 4 is 28.8 Å². The highest BCUT2D eigenvalue weighted by atomic mass is 32.1. The summed E-state index contributed by atoms with van der Waals surface area (Å²) in [6, 6.07) is 10.8. The first-order valence-electron chi connectivity index (χ1n) is 10.3. The van der Waals surface area contributed by atoms with Crippen molar-refractivity contribution in [1.29, 1.82) is 0 Å². The number of aromatic nitrogens is 3. The summed E-state index contributed by atoms with van der Waals surface area (Å²) in [6.07, 6.45) is 4.13. The lowest BCUT2D eigenvalue weighted by Crippen LogP contribution is -2.38. The predicted molar refractivity (Wildman–Crippen MR) is 115 cm³/mol. The van der Waals surface area contributed by atoms with Crippen molar-refractivity contribution in [2.24, 2.45) is 0 Å². The Balaban J connectivity index is 1.20. The summed E-state index contributed by atoms with van der Waals surface area (Å²) in [5.74, 6) is 2.62. The van der Waals surface area contributed by atoms with Gasteiger partial charge in [-0.3, -0.25) is 14.7 Å². The Labute approximate surface area is 178 Å².